The molecule has 2 aromatic carbocycles. The van der Waals surface area contributed by atoms with Crippen molar-refractivity contribution in [2.45, 2.75) is 6.54 Å². The lowest BCUT2D eigenvalue weighted by Crippen LogP contribution is -2.43. The van der Waals surface area contributed by atoms with Crippen LogP contribution in [0.3, 0.4) is 0 Å². The normalized spacial score (nSPS) is 16.2. The molecule has 5 heteroatoms. The fourth-order valence-corrected chi connectivity index (χ4v) is 2.68. The Labute approximate surface area is 141 Å². The molecule has 0 aromatic heterocycles. The molecule has 3 rings (SSSR count). The Balaban J connectivity index is 1.48. The monoisotopic (exact) mass is 331 g/mol. The van der Waals surface area contributed by atoms with Crippen LogP contribution in [0, 0.1) is 5.82 Å². The smallest absolute Gasteiger partial charge is 0.123 e. The zero-order valence-corrected chi connectivity index (χ0v) is 13.6. The van der Waals surface area contributed by atoms with Crippen LogP contribution < -0.4 is 0 Å². The van der Waals surface area contributed by atoms with Gasteiger partial charge in [0.25, 0.3) is 0 Å². The summed E-state index contributed by atoms with van der Waals surface area (Å²) in [6.45, 7) is 4.68. The molecule has 0 radical (unpaired) electrons. The second-order valence-electron chi connectivity index (χ2n) is 5.65. The Morgan fingerprint density at radius 1 is 0.957 bits per heavy atom. The van der Waals surface area contributed by atoms with Crippen LogP contribution in [-0.2, 0) is 6.54 Å². The van der Waals surface area contributed by atoms with Gasteiger partial charge in [-0.05, 0) is 35.4 Å². The Morgan fingerprint density at radius 2 is 1.61 bits per heavy atom. The summed E-state index contributed by atoms with van der Waals surface area (Å²) in [6, 6.07) is 14.4. The van der Waals surface area contributed by atoms with Gasteiger partial charge in [0, 0.05) is 37.7 Å². The molecule has 0 N–H and O–H groups in total. The predicted octanol–water partition coefficient (Wildman–Crippen LogP) is 3.63. The molecule has 1 fully saturated rings. The number of piperazine rings is 1. The largest absolute Gasteiger partial charge is 0.295 e. The first-order valence-corrected chi connectivity index (χ1v) is 8.08. The van der Waals surface area contributed by atoms with Crippen LogP contribution in [0.15, 0.2) is 53.6 Å². The molecule has 0 unspecified atom stereocenters. The van der Waals surface area contributed by atoms with E-state index >= 15 is 0 Å². The first-order chi connectivity index (χ1) is 11.2. The zero-order chi connectivity index (χ0) is 16.1. The van der Waals surface area contributed by atoms with Gasteiger partial charge in [-0.1, -0.05) is 35.9 Å². The highest BCUT2D eigenvalue weighted by Crippen LogP contribution is 2.13. The van der Waals surface area contributed by atoms with E-state index in [-0.39, 0.29) is 5.82 Å². The third kappa shape index (κ3) is 4.78. The van der Waals surface area contributed by atoms with Crippen LogP contribution in [0.2, 0.25) is 5.02 Å². The molecule has 2 aromatic rings. The van der Waals surface area contributed by atoms with Crippen LogP contribution >= 0.6 is 11.6 Å². The van der Waals surface area contributed by atoms with E-state index in [0.717, 1.165) is 43.3 Å². The van der Waals surface area contributed by atoms with Crippen LogP contribution in [0.25, 0.3) is 0 Å². The molecule has 0 atom stereocenters. The van der Waals surface area contributed by atoms with Gasteiger partial charge >= 0.3 is 0 Å². The van der Waals surface area contributed by atoms with Gasteiger partial charge in [0.1, 0.15) is 5.82 Å². The van der Waals surface area contributed by atoms with Gasteiger partial charge in [0.2, 0.25) is 0 Å². The van der Waals surface area contributed by atoms with Crippen molar-refractivity contribution in [2.24, 2.45) is 5.10 Å². The van der Waals surface area contributed by atoms with Crippen molar-refractivity contribution in [3.05, 3.63) is 70.5 Å². The number of hydrazone groups is 1. The predicted molar refractivity (Wildman–Crippen MR) is 92.3 cm³/mol. The molecule has 1 heterocycles. The molecule has 0 spiro atoms. The molecule has 0 aliphatic carbocycles. The van der Waals surface area contributed by atoms with Gasteiger partial charge in [0.05, 0.1) is 6.21 Å². The number of benzene rings is 2. The molecular formula is C18H19ClFN3. The lowest BCUT2D eigenvalue weighted by molar-refractivity contribution is 0.131. The van der Waals surface area contributed by atoms with Crippen LogP contribution in [0.5, 0.6) is 0 Å². The van der Waals surface area contributed by atoms with Gasteiger partial charge < -0.3 is 0 Å². The van der Waals surface area contributed by atoms with E-state index in [0.29, 0.717) is 0 Å². The van der Waals surface area contributed by atoms with Crippen molar-refractivity contribution in [1.29, 1.82) is 0 Å². The molecule has 1 saturated heterocycles. The topological polar surface area (TPSA) is 18.8 Å². The van der Waals surface area contributed by atoms with Crippen molar-refractivity contribution in [3.63, 3.8) is 0 Å². The SMILES string of the molecule is Fc1ccc(C=NN2CCN(Cc3ccc(Cl)cc3)CC2)cc1. The van der Waals surface area contributed by atoms with Crippen molar-refractivity contribution in [3.8, 4) is 0 Å². The Kier molecular flexibility index (Phi) is 5.26. The Bertz CT molecular complexity index is 647. The average molecular weight is 332 g/mol. The summed E-state index contributed by atoms with van der Waals surface area (Å²) in [7, 11) is 0. The minimum Gasteiger partial charge on any atom is -0.295 e. The minimum atomic E-state index is -0.224. The number of rotatable bonds is 4. The standard InChI is InChI=1S/C18H19ClFN3/c19-17-5-1-16(2-6-17)14-22-9-11-23(12-10-22)21-13-15-3-7-18(20)8-4-15/h1-8,13H,9-12,14H2. The average Bonchev–Trinajstić information content (AvgIpc) is 2.58. The summed E-state index contributed by atoms with van der Waals surface area (Å²) in [6.07, 6.45) is 1.79. The first kappa shape index (κ1) is 16.0. The third-order valence-corrected chi connectivity index (χ3v) is 4.16. The number of halogens is 2. The number of hydrogen-bond acceptors (Lipinski definition) is 3. The van der Waals surface area contributed by atoms with E-state index in [1.165, 1.54) is 17.7 Å². The van der Waals surface area contributed by atoms with E-state index in [4.69, 9.17) is 11.6 Å². The van der Waals surface area contributed by atoms with Crippen LogP contribution in [-0.4, -0.2) is 42.3 Å². The molecular weight excluding hydrogens is 313 g/mol. The maximum absolute atomic E-state index is 12.9. The third-order valence-electron chi connectivity index (χ3n) is 3.91. The second-order valence-corrected chi connectivity index (χ2v) is 6.09. The van der Waals surface area contributed by atoms with E-state index < -0.39 is 0 Å². The first-order valence-electron chi connectivity index (χ1n) is 7.70. The quantitative estimate of drug-likeness (QED) is 0.797. The van der Waals surface area contributed by atoms with Crippen molar-refractivity contribution >= 4 is 17.8 Å². The zero-order valence-electron chi connectivity index (χ0n) is 12.8. The molecule has 3 nitrogen and oxygen atoms in total. The van der Waals surface area contributed by atoms with E-state index in [2.05, 4.69) is 27.1 Å². The van der Waals surface area contributed by atoms with Crippen LogP contribution in [0.1, 0.15) is 11.1 Å². The van der Waals surface area contributed by atoms with E-state index in [1.54, 1.807) is 18.3 Å². The lowest BCUT2D eigenvalue weighted by Gasteiger charge is -2.33. The second kappa shape index (κ2) is 7.57. The van der Waals surface area contributed by atoms with Gasteiger partial charge in [-0.15, -0.1) is 0 Å². The maximum Gasteiger partial charge on any atom is 0.123 e. The maximum atomic E-state index is 12.9. The molecule has 0 bridgehead atoms. The highest BCUT2D eigenvalue weighted by Gasteiger charge is 2.15. The van der Waals surface area contributed by atoms with Gasteiger partial charge in [-0.2, -0.15) is 5.10 Å². The highest BCUT2D eigenvalue weighted by molar-refractivity contribution is 6.30. The summed E-state index contributed by atoms with van der Waals surface area (Å²) >= 11 is 5.91. The van der Waals surface area contributed by atoms with Crippen molar-refractivity contribution < 1.29 is 4.39 Å². The molecule has 120 valence electrons. The van der Waals surface area contributed by atoms with E-state index in [9.17, 15) is 4.39 Å². The van der Waals surface area contributed by atoms with Crippen molar-refractivity contribution in [2.75, 3.05) is 26.2 Å². The van der Waals surface area contributed by atoms with E-state index in [1.807, 2.05) is 12.1 Å². The lowest BCUT2D eigenvalue weighted by atomic mass is 10.2. The van der Waals surface area contributed by atoms with Gasteiger partial charge in [-0.3, -0.25) is 9.91 Å². The summed E-state index contributed by atoms with van der Waals surface area (Å²) in [5, 5.41) is 7.31. The fourth-order valence-electron chi connectivity index (χ4n) is 2.56. The highest BCUT2D eigenvalue weighted by atomic mass is 35.5. The number of nitrogens with zero attached hydrogens (tertiary/aromatic N) is 3. The summed E-state index contributed by atoms with van der Waals surface area (Å²) in [5.41, 5.74) is 2.19. The molecule has 23 heavy (non-hydrogen) atoms. The molecule has 1 aliphatic rings. The van der Waals surface area contributed by atoms with Crippen LogP contribution in [0.4, 0.5) is 4.39 Å². The summed E-state index contributed by atoms with van der Waals surface area (Å²) in [4.78, 5) is 2.41. The number of hydrogen-bond donors (Lipinski definition) is 0. The Hall–Kier alpha value is -1.91. The molecule has 0 saturated carbocycles. The fraction of sp³-hybridized carbons (Fsp3) is 0.278. The molecule has 0 amide bonds. The van der Waals surface area contributed by atoms with Gasteiger partial charge in [-0.25, -0.2) is 4.39 Å². The minimum absolute atomic E-state index is 0.224. The molecule has 1 aliphatic heterocycles. The summed E-state index contributed by atoms with van der Waals surface area (Å²) in [5.74, 6) is -0.224. The summed E-state index contributed by atoms with van der Waals surface area (Å²) < 4.78 is 12.9. The Morgan fingerprint density at radius 3 is 2.26 bits per heavy atom. The van der Waals surface area contributed by atoms with Crippen molar-refractivity contribution in [1.82, 2.24) is 9.91 Å². The van der Waals surface area contributed by atoms with Gasteiger partial charge in [0.15, 0.2) is 0 Å².